The Morgan fingerprint density at radius 1 is 1.06 bits per heavy atom. The van der Waals surface area contributed by atoms with E-state index in [1.54, 1.807) is 36.4 Å². The molecule has 0 saturated carbocycles. The van der Waals surface area contributed by atoms with E-state index in [0.717, 1.165) is 23.9 Å². The fraction of sp³-hybridized carbons (Fsp3) is 0.174. The highest BCUT2D eigenvalue weighted by Gasteiger charge is 2.33. The van der Waals surface area contributed by atoms with Gasteiger partial charge in [-0.15, -0.1) is 0 Å². The van der Waals surface area contributed by atoms with Gasteiger partial charge in [-0.05, 0) is 36.4 Å². The molecule has 1 atom stereocenters. The molecule has 11 heteroatoms. The fourth-order valence-corrected chi connectivity index (χ4v) is 4.28. The number of carbonyl (C=O) groups excluding carboxylic acids is 1. The summed E-state index contributed by atoms with van der Waals surface area (Å²) in [5, 5.41) is 14.1. The first-order valence-electron chi connectivity index (χ1n) is 10.0. The summed E-state index contributed by atoms with van der Waals surface area (Å²) in [6, 6.07) is 15.8. The van der Waals surface area contributed by atoms with Crippen molar-refractivity contribution in [2.75, 3.05) is 13.2 Å². The van der Waals surface area contributed by atoms with Crippen LogP contribution in [0.3, 0.4) is 0 Å². The zero-order valence-corrected chi connectivity index (χ0v) is 18.2. The van der Waals surface area contributed by atoms with Crippen molar-refractivity contribution in [3.05, 3.63) is 88.0 Å². The van der Waals surface area contributed by atoms with Crippen LogP contribution in [0.5, 0.6) is 11.5 Å². The summed E-state index contributed by atoms with van der Waals surface area (Å²) in [6.45, 7) is 0.387. The summed E-state index contributed by atoms with van der Waals surface area (Å²) < 4.78 is 50.4. The molecule has 1 heterocycles. The van der Waals surface area contributed by atoms with E-state index < -0.39 is 34.4 Å². The second kappa shape index (κ2) is 9.64. The standard InChI is InChI=1S/C23H17F3N2O5S/c24-23(25,26)14-9-10-21(17(11-14)28(30)31)34-20-8-4-1-5-16(20)22(29)27-12-15-13-32-18-6-2-3-7-19(18)33-15/h1-11,15H,12-13H2,(H,27,29). The van der Waals surface area contributed by atoms with Crippen LogP contribution in [0.1, 0.15) is 15.9 Å². The number of alkyl halides is 3. The van der Waals surface area contributed by atoms with Gasteiger partial charge >= 0.3 is 6.18 Å². The van der Waals surface area contributed by atoms with Crippen molar-refractivity contribution >= 4 is 23.4 Å². The fourth-order valence-electron chi connectivity index (χ4n) is 3.25. The van der Waals surface area contributed by atoms with Crippen molar-refractivity contribution in [1.82, 2.24) is 5.32 Å². The molecule has 0 bridgehead atoms. The number of nitro benzene ring substituents is 1. The lowest BCUT2D eigenvalue weighted by Gasteiger charge is -2.26. The Morgan fingerprint density at radius 2 is 1.76 bits per heavy atom. The van der Waals surface area contributed by atoms with Gasteiger partial charge in [0.15, 0.2) is 11.5 Å². The first kappa shape index (κ1) is 23.4. The molecule has 7 nitrogen and oxygen atoms in total. The van der Waals surface area contributed by atoms with E-state index in [-0.39, 0.29) is 23.6 Å². The average Bonchev–Trinajstić information content (AvgIpc) is 2.82. The number of fused-ring (bicyclic) bond motifs is 1. The minimum Gasteiger partial charge on any atom is -0.486 e. The van der Waals surface area contributed by atoms with Gasteiger partial charge < -0.3 is 14.8 Å². The first-order chi connectivity index (χ1) is 16.2. The average molecular weight is 490 g/mol. The molecular weight excluding hydrogens is 473 g/mol. The normalized spacial score (nSPS) is 15.0. The molecule has 34 heavy (non-hydrogen) atoms. The number of amides is 1. The van der Waals surface area contributed by atoms with Crippen LogP contribution in [0.15, 0.2) is 76.5 Å². The van der Waals surface area contributed by atoms with Crippen LogP contribution < -0.4 is 14.8 Å². The molecule has 1 unspecified atom stereocenters. The number of carbonyl (C=O) groups is 1. The van der Waals surface area contributed by atoms with Crippen molar-refractivity contribution in [1.29, 1.82) is 0 Å². The number of halogens is 3. The highest BCUT2D eigenvalue weighted by Crippen LogP contribution is 2.40. The van der Waals surface area contributed by atoms with E-state index in [1.165, 1.54) is 6.07 Å². The van der Waals surface area contributed by atoms with E-state index >= 15 is 0 Å². The zero-order chi connectivity index (χ0) is 24.3. The van der Waals surface area contributed by atoms with Crippen molar-refractivity contribution in [3.8, 4) is 11.5 Å². The van der Waals surface area contributed by atoms with Crippen LogP contribution in [-0.4, -0.2) is 30.1 Å². The second-order valence-corrected chi connectivity index (χ2v) is 8.33. The largest absolute Gasteiger partial charge is 0.486 e. The van der Waals surface area contributed by atoms with E-state index in [0.29, 0.717) is 22.5 Å². The maximum absolute atomic E-state index is 13.0. The van der Waals surface area contributed by atoms with Gasteiger partial charge in [-0.25, -0.2) is 0 Å². The number of ether oxygens (including phenoxy) is 2. The maximum atomic E-state index is 13.0. The topological polar surface area (TPSA) is 90.7 Å². The Balaban J connectivity index is 1.49. The van der Waals surface area contributed by atoms with Gasteiger partial charge in [0, 0.05) is 11.0 Å². The number of hydrogen-bond donors (Lipinski definition) is 1. The van der Waals surface area contributed by atoms with Crippen molar-refractivity contribution in [2.24, 2.45) is 0 Å². The first-order valence-corrected chi connectivity index (χ1v) is 10.8. The van der Waals surface area contributed by atoms with Gasteiger partial charge in [0.2, 0.25) is 0 Å². The molecule has 1 N–H and O–H groups in total. The number of nitrogens with one attached hydrogen (secondary N) is 1. The van der Waals surface area contributed by atoms with Crippen LogP contribution in [-0.2, 0) is 6.18 Å². The summed E-state index contributed by atoms with van der Waals surface area (Å²) in [5.74, 6) is 0.726. The molecule has 1 aliphatic heterocycles. The van der Waals surface area contributed by atoms with E-state index in [9.17, 15) is 28.1 Å². The molecule has 0 aromatic heterocycles. The molecule has 0 aliphatic carbocycles. The number of nitro groups is 1. The minimum atomic E-state index is -4.71. The Labute approximate surface area is 196 Å². The Morgan fingerprint density at radius 3 is 2.50 bits per heavy atom. The smallest absolute Gasteiger partial charge is 0.416 e. The van der Waals surface area contributed by atoms with E-state index in [1.807, 2.05) is 6.07 Å². The molecule has 4 rings (SSSR count). The van der Waals surface area contributed by atoms with Gasteiger partial charge in [-0.3, -0.25) is 14.9 Å². The van der Waals surface area contributed by atoms with E-state index in [2.05, 4.69) is 5.32 Å². The van der Waals surface area contributed by atoms with Crippen LogP contribution in [0.2, 0.25) is 0 Å². The maximum Gasteiger partial charge on any atom is 0.416 e. The third-order valence-corrected chi connectivity index (χ3v) is 6.03. The molecule has 3 aromatic carbocycles. The molecule has 1 aliphatic rings. The summed E-state index contributed by atoms with van der Waals surface area (Å²) in [5.41, 5.74) is -1.59. The van der Waals surface area contributed by atoms with Crippen LogP contribution in [0, 0.1) is 10.1 Å². The van der Waals surface area contributed by atoms with Crippen LogP contribution in [0.25, 0.3) is 0 Å². The lowest BCUT2D eigenvalue weighted by molar-refractivity contribution is -0.388. The quantitative estimate of drug-likeness (QED) is 0.371. The SMILES string of the molecule is O=C(NCC1COc2ccccc2O1)c1ccccc1Sc1ccc(C(F)(F)F)cc1[N+](=O)[O-]. The summed E-state index contributed by atoms with van der Waals surface area (Å²) in [4.78, 5) is 23.7. The minimum absolute atomic E-state index is 0.0149. The number of para-hydroxylation sites is 2. The number of benzene rings is 3. The van der Waals surface area contributed by atoms with Gasteiger partial charge in [-0.1, -0.05) is 36.0 Å². The Hall–Kier alpha value is -3.73. The van der Waals surface area contributed by atoms with Gasteiger partial charge in [0.1, 0.15) is 12.7 Å². The lowest BCUT2D eigenvalue weighted by atomic mass is 10.2. The predicted octanol–water partition coefficient (Wildman–Crippen LogP) is 5.33. The van der Waals surface area contributed by atoms with Crippen LogP contribution >= 0.6 is 11.8 Å². The summed E-state index contributed by atoms with van der Waals surface area (Å²) >= 11 is 0.843. The molecule has 3 aromatic rings. The Kier molecular flexibility index (Phi) is 6.64. The number of rotatable bonds is 6. The highest BCUT2D eigenvalue weighted by atomic mass is 32.2. The molecule has 0 fully saturated rings. The predicted molar refractivity (Wildman–Crippen MR) is 117 cm³/mol. The van der Waals surface area contributed by atoms with Crippen molar-refractivity contribution < 1.29 is 32.4 Å². The van der Waals surface area contributed by atoms with Gasteiger partial charge in [0.05, 0.1) is 27.5 Å². The zero-order valence-electron chi connectivity index (χ0n) is 17.4. The molecule has 1 amide bonds. The van der Waals surface area contributed by atoms with Crippen LogP contribution in [0.4, 0.5) is 18.9 Å². The molecule has 0 radical (unpaired) electrons. The van der Waals surface area contributed by atoms with Crippen molar-refractivity contribution in [3.63, 3.8) is 0 Å². The highest BCUT2D eigenvalue weighted by molar-refractivity contribution is 7.99. The third kappa shape index (κ3) is 5.25. The number of nitrogens with zero attached hydrogens (tertiary/aromatic N) is 1. The monoisotopic (exact) mass is 490 g/mol. The summed E-state index contributed by atoms with van der Waals surface area (Å²) in [7, 11) is 0. The number of hydrogen-bond acceptors (Lipinski definition) is 6. The van der Waals surface area contributed by atoms with E-state index in [4.69, 9.17) is 9.47 Å². The Bertz CT molecular complexity index is 1240. The van der Waals surface area contributed by atoms with Gasteiger partial charge in [-0.2, -0.15) is 13.2 Å². The van der Waals surface area contributed by atoms with Gasteiger partial charge in [0.25, 0.3) is 11.6 Å². The lowest BCUT2D eigenvalue weighted by Crippen LogP contribution is -2.40. The molecular formula is C23H17F3N2O5S. The third-order valence-electron chi connectivity index (χ3n) is 4.89. The molecule has 0 spiro atoms. The molecule has 0 saturated heterocycles. The van der Waals surface area contributed by atoms with Crippen molar-refractivity contribution in [2.45, 2.75) is 22.1 Å². The molecule has 176 valence electrons. The summed E-state index contributed by atoms with van der Waals surface area (Å²) in [6.07, 6.45) is -5.13. The second-order valence-electron chi connectivity index (χ2n) is 7.24.